The van der Waals surface area contributed by atoms with Crippen LogP contribution in [0.2, 0.25) is 0 Å². The number of carboxylic acid groups (broad SMARTS) is 1. The van der Waals surface area contributed by atoms with E-state index in [0.29, 0.717) is 0 Å². The van der Waals surface area contributed by atoms with Gasteiger partial charge in [-0.2, -0.15) is 0 Å². The second kappa shape index (κ2) is 6.47. The van der Waals surface area contributed by atoms with Crippen LogP contribution in [-0.2, 0) is 16.1 Å². The first-order valence-corrected chi connectivity index (χ1v) is 5.52. The molecule has 1 aromatic rings. The summed E-state index contributed by atoms with van der Waals surface area (Å²) < 4.78 is 1.14. The van der Waals surface area contributed by atoms with E-state index in [2.05, 4.69) is 15.6 Å². The zero-order chi connectivity index (χ0) is 14.4. The van der Waals surface area contributed by atoms with Gasteiger partial charge in [0.15, 0.2) is 5.69 Å². The Labute approximate surface area is 109 Å². The van der Waals surface area contributed by atoms with Gasteiger partial charge in [0.2, 0.25) is 11.8 Å². The predicted molar refractivity (Wildman–Crippen MR) is 63.3 cm³/mol. The van der Waals surface area contributed by atoms with Crippen LogP contribution in [-0.4, -0.2) is 63.4 Å². The third kappa shape index (κ3) is 4.37. The lowest BCUT2D eigenvalue weighted by atomic mass is 10.3. The van der Waals surface area contributed by atoms with Gasteiger partial charge in [0.25, 0.3) is 0 Å². The number of aromatic nitrogens is 3. The number of carbonyl (C=O) groups is 3. The Bertz CT molecular complexity index is 484. The molecule has 104 valence electrons. The van der Waals surface area contributed by atoms with Gasteiger partial charge < -0.3 is 15.3 Å². The normalized spacial score (nSPS) is 10.0. The van der Waals surface area contributed by atoms with Gasteiger partial charge in [-0.25, -0.2) is 9.48 Å². The van der Waals surface area contributed by atoms with Crippen molar-refractivity contribution in [2.75, 3.05) is 20.6 Å². The molecule has 0 saturated carbocycles. The van der Waals surface area contributed by atoms with Crippen molar-refractivity contribution in [1.29, 1.82) is 0 Å². The maximum Gasteiger partial charge on any atom is 0.358 e. The number of hydrogen-bond donors (Lipinski definition) is 2. The molecule has 0 aliphatic heterocycles. The van der Waals surface area contributed by atoms with E-state index in [0.717, 1.165) is 4.68 Å². The van der Waals surface area contributed by atoms with Crippen LogP contribution in [0.5, 0.6) is 0 Å². The van der Waals surface area contributed by atoms with E-state index >= 15 is 0 Å². The van der Waals surface area contributed by atoms with Gasteiger partial charge in [-0.3, -0.25) is 9.59 Å². The first kappa shape index (κ1) is 14.6. The molecule has 0 aliphatic carbocycles. The van der Waals surface area contributed by atoms with Crippen LogP contribution in [0, 0.1) is 0 Å². The highest BCUT2D eigenvalue weighted by atomic mass is 16.4. The molecular formula is C10H15N5O4. The van der Waals surface area contributed by atoms with Crippen molar-refractivity contribution in [3.05, 3.63) is 11.9 Å². The molecule has 0 unspecified atom stereocenters. The van der Waals surface area contributed by atoms with Gasteiger partial charge in [-0.05, 0) is 0 Å². The van der Waals surface area contributed by atoms with E-state index in [1.165, 1.54) is 18.1 Å². The van der Waals surface area contributed by atoms with Crippen LogP contribution in [0.15, 0.2) is 6.20 Å². The van der Waals surface area contributed by atoms with E-state index in [-0.39, 0.29) is 37.0 Å². The summed E-state index contributed by atoms with van der Waals surface area (Å²) >= 11 is 0. The summed E-state index contributed by atoms with van der Waals surface area (Å²) in [4.78, 5) is 34.7. The number of likely N-dealkylation sites (N-methyl/N-ethyl adjacent to an activating group) is 1. The third-order valence-corrected chi connectivity index (χ3v) is 2.43. The van der Waals surface area contributed by atoms with E-state index < -0.39 is 5.97 Å². The smallest absolute Gasteiger partial charge is 0.358 e. The molecule has 2 N–H and O–H groups in total. The van der Waals surface area contributed by atoms with Crippen LogP contribution >= 0.6 is 0 Å². The third-order valence-electron chi connectivity index (χ3n) is 2.43. The summed E-state index contributed by atoms with van der Waals surface area (Å²) in [6.07, 6.45) is 1.38. The number of aromatic carboxylic acids is 1. The number of amides is 2. The molecule has 1 aromatic heterocycles. The topological polar surface area (TPSA) is 117 Å². The average Bonchev–Trinajstić information content (AvgIpc) is 2.83. The van der Waals surface area contributed by atoms with Gasteiger partial charge in [-0.1, -0.05) is 5.21 Å². The van der Waals surface area contributed by atoms with Crippen LogP contribution in [0.3, 0.4) is 0 Å². The molecule has 1 heterocycles. The molecule has 0 aliphatic rings. The molecule has 9 nitrogen and oxygen atoms in total. The number of nitrogens with one attached hydrogen (secondary N) is 1. The van der Waals surface area contributed by atoms with Crippen molar-refractivity contribution >= 4 is 17.8 Å². The van der Waals surface area contributed by atoms with E-state index in [9.17, 15) is 14.4 Å². The van der Waals surface area contributed by atoms with E-state index in [1.54, 1.807) is 7.05 Å². The number of carboxylic acids is 1. The minimum atomic E-state index is -1.20. The van der Waals surface area contributed by atoms with Crippen LogP contribution in [0.4, 0.5) is 0 Å². The summed E-state index contributed by atoms with van der Waals surface area (Å²) in [5, 5.41) is 18.0. The first-order valence-electron chi connectivity index (χ1n) is 5.52. The van der Waals surface area contributed by atoms with Gasteiger partial charge >= 0.3 is 5.97 Å². The average molecular weight is 269 g/mol. The zero-order valence-electron chi connectivity index (χ0n) is 10.7. The lowest BCUT2D eigenvalue weighted by Gasteiger charge is -2.16. The lowest BCUT2D eigenvalue weighted by Crippen LogP contribution is -2.33. The number of nitrogens with zero attached hydrogens (tertiary/aromatic N) is 4. The number of hydrogen-bond acceptors (Lipinski definition) is 5. The molecule has 0 fully saturated rings. The molecule has 19 heavy (non-hydrogen) atoms. The highest BCUT2D eigenvalue weighted by Gasteiger charge is 2.14. The summed E-state index contributed by atoms with van der Waals surface area (Å²) in [6, 6.07) is 0. The SMILES string of the molecule is CNC(=O)CCN(C)C(=O)Cn1cc(C(=O)O)nn1. The molecule has 9 heteroatoms. The van der Waals surface area contributed by atoms with Crippen molar-refractivity contribution in [3.8, 4) is 0 Å². The standard InChI is InChI=1S/C10H15N5O4/c1-11-8(16)3-4-14(2)9(17)6-15-5-7(10(18)19)12-13-15/h5H,3-4,6H2,1-2H3,(H,11,16)(H,18,19). The molecule has 0 atom stereocenters. The lowest BCUT2D eigenvalue weighted by molar-refractivity contribution is -0.131. The Morgan fingerprint density at radius 2 is 2.16 bits per heavy atom. The summed E-state index contributed by atoms with van der Waals surface area (Å²) in [5.74, 6) is -1.65. The number of rotatable bonds is 6. The zero-order valence-corrected chi connectivity index (χ0v) is 10.7. The molecule has 2 amide bonds. The molecule has 0 bridgehead atoms. The second-order valence-corrected chi connectivity index (χ2v) is 3.84. The highest BCUT2D eigenvalue weighted by molar-refractivity contribution is 5.84. The molecule has 0 spiro atoms. The highest BCUT2D eigenvalue weighted by Crippen LogP contribution is 1.96. The Kier molecular flexibility index (Phi) is 4.98. The Hall–Kier alpha value is -2.45. The van der Waals surface area contributed by atoms with E-state index in [1.807, 2.05) is 0 Å². The second-order valence-electron chi connectivity index (χ2n) is 3.84. The van der Waals surface area contributed by atoms with Crippen molar-refractivity contribution in [1.82, 2.24) is 25.2 Å². The predicted octanol–water partition coefficient (Wildman–Crippen LogP) is -1.43. The summed E-state index contributed by atoms with van der Waals surface area (Å²) in [7, 11) is 3.08. The fourth-order valence-corrected chi connectivity index (χ4v) is 1.25. The van der Waals surface area contributed by atoms with Crippen molar-refractivity contribution < 1.29 is 19.5 Å². The summed E-state index contributed by atoms with van der Waals surface area (Å²) in [5.41, 5.74) is -0.221. The Balaban J connectivity index is 2.49. The summed E-state index contributed by atoms with van der Waals surface area (Å²) in [6.45, 7) is 0.156. The maximum atomic E-state index is 11.8. The van der Waals surface area contributed by atoms with Gasteiger partial charge in [0, 0.05) is 27.1 Å². The van der Waals surface area contributed by atoms with E-state index in [4.69, 9.17) is 5.11 Å². The molecule has 0 aromatic carbocycles. The van der Waals surface area contributed by atoms with Crippen molar-refractivity contribution in [2.24, 2.45) is 0 Å². The molecule has 1 rings (SSSR count). The van der Waals surface area contributed by atoms with Gasteiger partial charge in [0.1, 0.15) is 6.54 Å². The maximum absolute atomic E-state index is 11.8. The van der Waals surface area contributed by atoms with Crippen molar-refractivity contribution in [3.63, 3.8) is 0 Å². The number of carbonyl (C=O) groups excluding carboxylic acids is 2. The largest absolute Gasteiger partial charge is 0.476 e. The monoisotopic (exact) mass is 269 g/mol. The molecule has 0 radical (unpaired) electrons. The van der Waals surface area contributed by atoms with Crippen LogP contribution in [0.25, 0.3) is 0 Å². The van der Waals surface area contributed by atoms with Crippen molar-refractivity contribution in [2.45, 2.75) is 13.0 Å². The fourth-order valence-electron chi connectivity index (χ4n) is 1.25. The molecule has 0 saturated heterocycles. The minimum Gasteiger partial charge on any atom is -0.476 e. The minimum absolute atomic E-state index is 0.121. The van der Waals surface area contributed by atoms with Crippen LogP contribution in [0.1, 0.15) is 16.9 Å². The molecular weight excluding hydrogens is 254 g/mol. The van der Waals surface area contributed by atoms with Gasteiger partial charge in [0.05, 0.1) is 6.20 Å². The Morgan fingerprint density at radius 1 is 1.47 bits per heavy atom. The quantitative estimate of drug-likeness (QED) is 0.654. The van der Waals surface area contributed by atoms with Crippen LogP contribution < -0.4 is 5.32 Å². The van der Waals surface area contributed by atoms with Gasteiger partial charge in [-0.15, -0.1) is 5.10 Å². The first-order chi connectivity index (χ1) is 8.93. The fraction of sp³-hybridized carbons (Fsp3) is 0.500. The Morgan fingerprint density at radius 3 is 2.68 bits per heavy atom.